The van der Waals surface area contributed by atoms with Crippen LogP contribution in [0, 0.1) is 5.92 Å². The second-order valence-electron chi connectivity index (χ2n) is 4.48. The molecule has 0 aromatic heterocycles. The van der Waals surface area contributed by atoms with Crippen LogP contribution in [0.5, 0.6) is 0 Å². The van der Waals surface area contributed by atoms with E-state index in [4.69, 9.17) is 4.74 Å². The molecule has 0 aliphatic heterocycles. The quantitative estimate of drug-likeness (QED) is 0.608. The molecule has 0 saturated heterocycles. The summed E-state index contributed by atoms with van der Waals surface area (Å²) in [6.45, 7) is 7.72. The second kappa shape index (κ2) is 12.6. The minimum atomic E-state index is -0.223. The van der Waals surface area contributed by atoms with Crippen molar-refractivity contribution >= 4 is 11.8 Å². The molecule has 0 bridgehead atoms. The maximum atomic E-state index is 11.6. The first-order chi connectivity index (χ1) is 7.51. The fourth-order valence-electron chi connectivity index (χ4n) is 1.43. The predicted molar refractivity (Wildman–Crippen MR) is 77.6 cm³/mol. The predicted octanol–water partition coefficient (Wildman–Crippen LogP) is 4.39. The first-order valence-electron chi connectivity index (χ1n) is 6.23. The molecule has 3 nitrogen and oxygen atoms in total. The van der Waals surface area contributed by atoms with Crippen LogP contribution in [-0.4, -0.2) is 17.9 Å². The van der Waals surface area contributed by atoms with Gasteiger partial charge in [-0.25, -0.2) is 0 Å². The summed E-state index contributed by atoms with van der Waals surface area (Å²) in [6, 6.07) is 0. The van der Waals surface area contributed by atoms with Gasteiger partial charge >= 0.3 is 5.97 Å². The molecule has 0 rings (SSSR count). The van der Waals surface area contributed by atoms with Crippen LogP contribution in [0.2, 0.25) is 0 Å². The van der Waals surface area contributed by atoms with E-state index in [-0.39, 0.29) is 38.6 Å². The summed E-state index contributed by atoms with van der Waals surface area (Å²) >= 11 is 0. The lowest BCUT2D eigenvalue weighted by molar-refractivity contribution is -0.150. The van der Waals surface area contributed by atoms with Crippen molar-refractivity contribution in [2.45, 2.75) is 80.8 Å². The van der Waals surface area contributed by atoms with E-state index in [1.54, 1.807) is 0 Å². The Balaban J connectivity index is -0.00000112. The van der Waals surface area contributed by atoms with Crippen LogP contribution in [0.15, 0.2) is 0 Å². The molecule has 0 N–H and O–H groups in total. The van der Waals surface area contributed by atoms with Gasteiger partial charge in [-0.3, -0.25) is 9.59 Å². The molecule has 3 heteroatoms. The fraction of sp³-hybridized carbons (Fsp3) is 0.867. The number of rotatable bonds is 8. The molecule has 110 valence electrons. The van der Waals surface area contributed by atoms with E-state index in [0.717, 1.165) is 19.3 Å². The number of carbonyl (C=O) groups is 2. The Morgan fingerprint density at radius 3 is 2.00 bits per heavy atom. The summed E-state index contributed by atoms with van der Waals surface area (Å²) in [7, 11) is 0. The van der Waals surface area contributed by atoms with Gasteiger partial charge in [0.15, 0.2) is 0 Å². The monoisotopic (exact) mass is 260 g/mol. The average molecular weight is 260 g/mol. The number of ether oxygens (including phenoxy) is 1. The summed E-state index contributed by atoms with van der Waals surface area (Å²) in [5, 5.41) is 0. The molecular weight excluding hydrogens is 228 g/mol. The van der Waals surface area contributed by atoms with Crippen LogP contribution in [-0.2, 0) is 14.3 Å². The Morgan fingerprint density at radius 1 is 1.06 bits per heavy atom. The van der Waals surface area contributed by atoms with Gasteiger partial charge in [-0.1, -0.05) is 49.0 Å². The molecule has 0 spiro atoms. The van der Waals surface area contributed by atoms with Crippen LogP contribution in [0.3, 0.4) is 0 Å². The van der Waals surface area contributed by atoms with Crippen LogP contribution in [0.25, 0.3) is 0 Å². The Hall–Kier alpha value is -0.860. The smallest absolute Gasteiger partial charge is 0.306 e. The van der Waals surface area contributed by atoms with E-state index < -0.39 is 0 Å². The molecule has 1 unspecified atom stereocenters. The summed E-state index contributed by atoms with van der Waals surface area (Å²) < 4.78 is 5.29. The molecule has 0 heterocycles. The molecule has 0 aliphatic carbocycles. The zero-order valence-corrected chi connectivity index (χ0v) is 10.9. The molecule has 0 fully saturated rings. The zero-order chi connectivity index (χ0) is 12.6. The largest absolute Gasteiger partial charge is 0.462 e. The minimum absolute atomic E-state index is 0. The van der Waals surface area contributed by atoms with Crippen molar-refractivity contribution in [3.05, 3.63) is 0 Å². The van der Waals surface area contributed by atoms with Gasteiger partial charge in [0.05, 0.1) is 0 Å². The van der Waals surface area contributed by atoms with E-state index >= 15 is 0 Å². The molecule has 0 saturated carbocycles. The number of hydrogen-bond acceptors (Lipinski definition) is 3. The van der Waals surface area contributed by atoms with Crippen molar-refractivity contribution < 1.29 is 14.3 Å². The Bertz CT molecular complexity index is 222. The van der Waals surface area contributed by atoms with Gasteiger partial charge in [-0.15, -0.1) is 0 Å². The van der Waals surface area contributed by atoms with Crippen molar-refractivity contribution in [1.29, 1.82) is 0 Å². The second-order valence-corrected chi connectivity index (χ2v) is 4.48. The Kier molecular flexibility index (Phi) is 15.6. The van der Waals surface area contributed by atoms with Gasteiger partial charge < -0.3 is 4.74 Å². The summed E-state index contributed by atoms with van der Waals surface area (Å²) in [6.07, 6.45) is 3.06. The van der Waals surface area contributed by atoms with Crippen LogP contribution in [0.1, 0.15) is 74.7 Å². The van der Waals surface area contributed by atoms with E-state index in [1.807, 2.05) is 27.7 Å². The van der Waals surface area contributed by atoms with Crippen LogP contribution in [0.4, 0.5) is 0 Å². The zero-order valence-electron chi connectivity index (χ0n) is 10.9. The van der Waals surface area contributed by atoms with Gasteiger partial charge in [0.25, 0.3) is 0 Å². The van der Waals surface area contributed by atoms with E-state index in [9.17, 15) is 9.59 Å². The third-order valence-corrected chi connectivity index (χ3v) is 2.44. The van der Waals surface area contributed by atoms with Crippen molar-refractivity contribution in [2.75, 3.05) is 0 Å². The maximum Gasteiger partial charge on any atom is 0.306 e. The summed E-state index contributed by atoms with van der Waals surface area (Å²) in [5.41, 5.74) is 0. The number of Topliss-reactive ketones (excluding diaryl/α,β-unsaturated/α-hetero) is 1. The maximum absolute atomic E-state index is 11.6. The fourth-order valence-corrected chi connectivity index (χ4v) is 1.43. The molecule has 0 aromatic carbocycles. The first-order valence-corrected chi connectivity index (χ1v) is 6.23. The number of carbonyl (C=O) groups excluding carboxylic acids is 2. The third-order valence-electron chi connectivity index (χ3n) is 2.44. The number of hydrogen-bond donors (Lipinski definition) is 0. The normalized spacial score (nSPS) is 11.2. The third kappa shape index (κ3) is 10.3. The highest BCUT2D eigenvalue weighted by Crippen LogP contribution is 2.12. The number of esters is 1. The minimum Gasteiger partial charge on any atom is -0.462 e. The summed E-state index contributed by atoms with van der Waals surface area (Å²) in [5.74, 6) is 0.00416. The van der Waals surface area contributed by atoms with Crippen molar-refractivity contribution in [3.63, 3.8) is 0 Å². The Morgan fingerprint density at radius 2 is 1.61 bits per heavy atom. The van der Waals surface area contributed by atoms with E-state index in [0.29, 0.717) is 12.8 Å². The van der Waals surface area contributed by atoms with E-state index in [2.05, 4.69) is 0 Å². The van der Waals surface area contributed by atoms with Gasteiger partial charge in [0.1, 0.15) is 11.9 Å². The first kappa shape index (κ1) is 22.3. The van der Waals surface area contributed by atoms with Crippen LogP contribution < -0.4 is 0 Å². The van der Waals surface area contributed by atoms with Crippen molar-refractivity contribution in [1.82, 2.24) is 0 Å². The molecule has 18 heavy (non-hydrogen) atoms. The van der Waals surface area contributed by atoms with Gasteiger partial charge in [0, 0.05) is 18.8 Å². The van der Waals surface area contributed by atoms with Gasteiger partial charge in [-0.2, -0.15) is 0 Å². The van der Waals surface area contributed by atoms with Crippen molar-refractivity contribution in [3.8, 4) is 0 Å². The lowest BCUT2D eigenvalue weighted by Gasteiger charge is -2.17. The highest BCUT2D eigenvalue weighted by Gasteiger charge is 2.18. The molecule has 1 atom stereocenters. The number of ketones is 1. The standard InChI is InChI=1S/C13H24O3.2CH4/c1-5-7-11(9-12(14)10(3)4)16-13(15)8-6-2;;/h10-11H,5-9H2,1-4H3;2*1H4. The molecule has 0 radical (unpaired) electrons. The van der Waals surface area contributed by atoms with Crippen molar-refractivity contribution in [2.24, 2.45) is 5.92 Å². The molecule has 0 aliphatic rings. The topological polar surface area (TPSA) is 43.4 Å². The average Bonchev–Trinajstić information content (AvgIpc) is 2.17. The molecule has 0 amide bonds. The molecule has 0 aromatic rings. The van der Waals surface area contributed by atoms with Gasteiger partial charge in [0.2, 0.25) is 0 Å². The highest BCUT2D eigenvalue weighted by atomic mass is 16.5. The summed E-state index contributed by atoms with van der Waals surface area (Å²) in [4.78, 5) is 22.9. The highest BCUT2D eigenvalue weighted by molar-refractivity contribution is 5.81. The van der Waals surface area contributed by atoms with Gasteiger partial charge in [-0.05, 0) is 12.8 Å². The lowest BCUT2D eigenvalue weighted by Crippen LogP contribution is -2.23. The lowest BCUT2D eigenvalue weighted by atomic mass is 10.0. The Labute approximate surface area is 113 Å². The SMILES string of the molecule is C.C.CCCC(=O)OC(CCC)CC(=O)C(C)C. The molecular formula is C15H32O3. The van der Waals surface area contributed by atoms with Crippen LogP contribution >= 0.6 is 0 Å². The van der Waals surface area contributed by atoms with E-state index in [1.165, 1.54) is 0 Å².